The number of nitrogens with zero attached hydrogens (tertiary/aromatic N) is 1. The molecule has 0 saturated heterocycles. The van der Waals surface area contributed by atoms with Gasteiger partial charge < -0.3 is 24.3 Å². The second-order valence-electron chi connectivity index (χ2n) is 6.94. The summed E-state index contributed by atoms with van der Waals surface area (Å²) in [6.07, 6.45) is 1.70. The van der Waals surface area contributed by atoms with Crippen molar-refractivity contribution in [1.29, 1.82) is 0 Å². The van der Waals surface area contributed by atoms with E-state index in [0.29, 0.717) is 41.7 Å². The standard InChI is InChI=1S/C20H22N2O7S/c1-30(24,25)22(15-5-7-17-19(10-15)29-13-27-17)8-2-3-20(23)21-11-14-4-6-16-18(9-14)28-12-26-16/h4-7,9-10H,2-3,8,11-13H2,1H3,(H,21,23). The highest BCUT2D eigenvalue weighted by Gasteiger charge is 2.21. The van der Waals surface area contributed by atoms with E-state index in [1.54, 1.807) is 24.3 Å². The number of carbonyl (C=O) groups excluding carboxylic acids is 1. The molecule has 160 valence electrons. The van der Waals surface area contributed by atoms with E-state index in [0.717, 1.165) is 11.8 Å². The van der Waals surface area contributed by atoms with Crippen LogP contribution in [-0.4, -0.2) is 40.7 Å². The SMILES string of the molecule is CS(=O)(=O)N(CCCC(=O)NCc1ccc2c(c1)OCO2)c1ccc2c(c1)OCO2. The maximum Gasteiger partial charge on any atom is 0.232 e. The second-order valence-corrected chi connectivity index (χ2v) is 8.85. The molecule has 0 unspecified atom stereocenters. The van der Waals surface area contributed by atoms with Crippen molar-refractivity contribution in [3.05, 3.63) is 42.0 Å². The maximum absolute atomic E-state index is 12.2. The van der Waals surface area contributed by atoms with Crippen LogP contribution in [0.3, 0.4) is 0 Å². The number of fused-ring (bicyclic) bond motifs is 2. The number of rotatable bonds is 8. The zero-order valence-corrected chi connectivity index (χ0v) is 17.2. The highest BCUT2D eigenvalue weighted by Crippen LogP contribution is 2.36. The molecule has 2 aliphatic rings. The predicted octanol–water partition coefficient (Wildman–Crippen LogP) is 2.01. The highest BCUT2D eigenvalue weighted by molar-refractivity contribution is 7.92. The molecule has 2 heterocycles. The first-order valence-corrected chi connectivity index (χ1v) is 11.3. The molecule has 0 fully saturated rings. The van der Waals surface area contributed by atoms with Crippen molar-refractivity contribution >= 4 is 21.6 Å². The van der Waals surface area contributed by atoms with E-state index in [9.17, 15) is 13.2 Å². The minimum Gasteiger partial charge on any atom is -0.454 e. The molecule has 0 aliphatic carbocycles. The fraction of sp³-hybridized carbons (Fsp3) is 0.350. The Morgan fingerprint density at radius 3 is 2.30 bits per heavy atom. The molecule has 2 aliphatic heterocycles. The molecule has 0 saturated carbocycles. The number of sulfonamides is 1. The van der Waals surface area contributed by atoms with Crippen molar-refractivity contribution in [2.24, 2.45) is 0 Å². The van der Waals surface area contributed by atoms with Crippen LogP contribution in [0.4, 0.5) is 5.69 Å². The van der Waals surface area contributed by atoms with E-state index >= 15 is 0 Å². The number of carbonyl (C=O) groups is 1. The van der Waals surface area contributed by atoms with Crippen LogP contribution in [0.2, 0.25) is 0 Å². The van der Waals surface area contributed by atoms with E-state index in [-0.39, 0.29) is 32.5 Å². The third kappa shape index (κ3) is 4.54. The Morgan fingerprint density at radius 2 is 1.60 bits per heavy atom. The van der Waals surface area contributed by atoms with Crippen LogP contribution < -0.4 is 28.6 Å². The molecular weight excluding hydrogens is 412 g/mol. The van der Waals surface area contributed by atoms with Gasteiger partial charge in [-0.2, -0.15) is 0 Å². The van der Waals surface area contributed by atoms with Gasteiger partial charge in [0.2, 0.25) is 29.5 Å². The van der Waals surface area contributed by atoms with Crippen molar-refractivity contribution in [1.82, 2.24) is 5.32 Å². The maximum atomic E-state index is 12.2. The van der Waals surface area contributed by atoms with E-state index in [1.165, 1.54) is 4.31 Å². The Balaban J connectivity index is 1.30. The quantitative estimate of drug-likeness (QED) is 0.678. The van der Waals surface area contributed by atoms with Crippen LogP contribution in [0.25, 0.3) is 0 Å². The Kier molecular flexibility index (Phi) is 5.58. The third-order valence-corrected chi connectivity index (χ3v) is 5.93. The molecule has 0 atom stereocenters. The Labute approximate surface area is 174 Å². The molecule has 4 rings (SSSR count). The lowest BCUT2D eigenvalue weighted by Crippen LogP contribution is -2.32. The first kappa shape index (κ1) is 20.1. The van der Waals surface area contributed by atoms with Gasteiger partial charge in [0, 0.05) is 25.6 Å². The van der Waals surface area contributed by atoms with E-state index in [1.807, 2.05) is 12.1 Å². The largest absolute Gasteiger partial charge is 0.454 e. The second kappa shape index (κ2) is 8.31. The third-order valence-electron chi connectivity index (χ3n) is 4.74. The Morgan fingerprint density at radius 1 is 0.967 bits per heavy atom. The molecule has 2 aromatic rings. The van der Waals surface area contributed by atoms with Crippen LogP contribution in [0.15, 0.2) is 36.4 Å². The zero-order valence-electron chi connectivity index (χ0n) is 16.4. The van der Waals surface area contributed by atoms with Crippen molar-refractivity contribution in [2.45, 2.75) is 19.4 Å². The fourth-order valence-electron chi connectivity index (χ4n) is 3.25. The molecule has 10 heteroatoms. The molecule has 1 amide bonds. The lowest BCUT2D eigenvalue weighted by Gasteiger charge is -2.22. The summed E-state index contributed by atoms with van der Waals surface area (Å²) in [4.78, 5) is 12.2. The molecule has 0 radical (unpaired) electrons. The molecule has 0 aromatic heterocycles. The number of amides is 1. The van der Waals surface area contributed by atoms with Crippen molar-refractivity contribution in [2.75, 3.05) is 30.7 Å². The van der Waals surface area contributed by atoms with Gasteiger partial charge in [0.05, 0.1) is 11.9 Å². The Bertz CT molecular complexity index is 1060. The summed E-state index contributed by atoms with van der Waals surface area (Å²) in [7, 11) is -3.51. The smallest absolute Gasteiger partial charge is 0.232 e. The van der Waals surface area contributed by atoms with Gasteiger partial charge in [-0.05, 0) is 36.2 Å². The number of hydrogen-bond acceptors (Lipinski definition) is 7. The van der Waals surface area contributed by atoms with Gasteiger partial charge in [0.1, 0.15) is 0 Å². The number of anilines is 1. The minimum atomic E-state index is -3.51. The summed E-state index contributed by atoms with van der Waals surface area (Å²) in [5.41, 5.74) is 1.37. The normalized spacial score (nSPS) is 13.9. The van der Waals surface area contributed by atoms with Crippen molar-refractivity contribution < 1.29 is 32.2 Å². The highest BCUT2D eigenvalue weighted by atomic mass is 32.2. The molecule has 9 nitrogen and oxygen atoms in total. The van der Waals surface area contributed by atoms with Gasteiger partial charge in [-0.15, -0.1) is 0 Å². The Hall–Kier alpha value is -3.14. The predicted molar refractivity (Wildman–Crippen MR) is 108 cm³/mol. The summed E-state index contributed by atoms with van der Waals surface area (Å²) < 4.78 is 46.9. The lowest BCUT2D eigenvalue weighted by molar-refractivity contribution is -0.121. The summed E-state index contributed by atoms with van der Waals surface area (Å²) in [6.45, 7) is 0.843. The average molecular weight is 434 g/mol. The van der Waals surface area contributed by atoms with Gasteiger partial charge in [0.15, 0.2) is 23.0 Å². The van der Waals surface area contributed by atoms with Crippen LogP contribution in [0, 0.1) is 0 Å². The molecule has 0 bridgehead atoms. The molecular formula is C20H22N2O7S. The number of hydrogen-bond donors (Lipinski definition) is 1. The number of nitrogens with one attached hydrogen (secondary N) is 1. The van der Waals surface area contributed by atoms with Crippen molar-refractivity contribution in [3.63, 3.8) is 0 Å². The number of benzene rings is 2. The summed E-state index contributed by atoms with van der Waals surface area (Å²) in [5, 5.41) is 2.84. The summed E-state index contributed by atoms with van der Waals surface area (Å²) >= 11 is 0. The van der Waals surface area contributed by atoms with Gasteiger partial charge in [0.25, 0.3) is 0 Å². The van der Waals surface area contributed by atoms with Crippen LogP contribution >= 0.6 is 0 Å². The topological polar surface area (TPSA) is 103 Å². The molecule has 30 heavy (non-hydrogen) atoms. The van der Waals surface area contributed by atoms with Crippen LogP contribution in [0.5, 0.6) is 23.0 Å². The first-order valence-electron chi connectivity index (χ1n) is 9.43. The van der Waals surface area contributed by atoms with E-state index in [4.69, 9.17) is 18.9 Å². The average Bonchev–Trinajstić information content (AvgIpc) is 3.36. The lowest BCUT2D eigenvalue weighted by atomic mass is 10.2. The van der Waals surface area contributed by atoms with E-state index in [2.05, 4.69) is 5.32 Å². The number of ether oxygens (including phenoxy) is 4. The van der Waals surface area contributed by atoms with Gasteiger partial charge >= 0.3 is 0 Å². The van der Waals surface area contributed by atoms with Crippen LogP contribution in [0.1, 0.15) is 18.4 Å². The molecule has 1 N–H and O–H groups in total. The zero-order chi connectivity index (χ0) is 21.1. The van der Waals surface area contributed by atoms with E-state index < -0.39 is 10.0 Å². The summed E-state index contributed by atoms with van der Waals surface area (Å²) in [6, 6.07) is 10.5. The molecule has 2 aromatic carbocycles. The van der Waals surface area contributed by atoms with Crippen LogP contribution in [-0.2, 0) is 21.4 Å². The minimum absolute atomic E-state index is 0.112. The monoisotopic (exact) mass is 434 g/mol. The van der Waals surface area contributed by atoms with Gasteiger partial charge in [-0.1, -0.05) is 6.07 Å². The first-order chi connectivity index (χ1) is 14.4. The van der Waals surface area contributed by atoms with Crippen molar-refractivity contribution in [3.8, 4) is 23.0 Å². The summed E-state index contributed by atoms with van der Waals surface area (Å²) in [5.74, 6) is 2.27. The molecule has 0 spiro atoms. The van der Waals surface area contributed by atoms with Gasteiger partial charge in [-0.25, -0.2) is 8.42 Å². The van der Waals surface area contributed by atoms with Gasteiger partial charge in [-0.3, -0.25) is 9.10 Å². The fourth-order valence-corrected chi connectivity index (χ4v) is 4.21.